The van der Waals surface area contributed by atoms with E-state index in [2.05, 4.69) is 0 Å². The van der Waals surface area contributed by atoms with Gasteiger partial charge in [0.15, 0.2) is 6.07 Å². The Bertz CT molecular complexity index is 371. The summed E-state index contributed by atoms with van der Waals surface area (Å²) in [6, 6.07) is 9.87. The smallest absolute Gasteiger partial charge is 0.314 e. The molecule has 0 N–H and O–H groups in total. The number of alkyl halides is 1. The SMILES string of the molecule is O=C(OCCl)[C@@H](c1ccccc1)C1CCCCC1. The van der Waals surface area contributed by atoms with E-state index >= 15 is 0 Å². The first-order chi connectivity index (χ1) is 8.83. The Morgan fingerprint density at radius 2 is 1.89 bits per heavy atom. The lowest BCUT2D eigenvalue weighted by molar-refractivity contribution is -0.145. The van der Waals surface area contributed by atoms with Crippen molar-refractivity contribution in [2.24, 2.45) is 5.92 Å². The van der Waals surface area contributed by atoms with Crippen molar-refractivity contribution in [1.82, 2.24) is 0 Å². The number of halogens is 1. The summed E-state index contributed by atoms with van der Waals surface area (Å²) in [6.07, 6.45) is 5.92. The van der Waals surface area contributed by atoms with Crippen LogP contribution in [0.5, 0.6) is 0 Å². The third-order valence-corrected chi connectivity index (χ3v) is 3.84. The predicted octanol–water partition coefficient (Wildman–Crippen LogP) is 4.09. The third-order valence-electron chi connectivity index (χ3n) is 3.73. The highest BCUT2D eigenvalue weighted by Crippen LogP contribution is 2.36. The van der Waals surface area contributed by atoms with Crippen molar-refractivity contribution >= 4 is 17.6 Å². The van der Waals surface area contributed by atoms with E-state index in [4.69, 9.17) is 16.3 Å². The summed E-state index contributed by atoms with van der Waals surface area (Å²) in [6.45, 7) is 0. The molecular formula is C15H19ClO2. The van der Waals surface area contributed by atoms with Crippen LogP contribution in [-0.2, 0) is 9.53 Å². The Balaban J connectivity index is 2.19. The topological polar surface area (TPSA) is 26.3 Å². The van der Waals surface area contributed by atoms with E-state index in [9.17, 15) is 4.79 Å². The van der Waals surface area contributed by atoms with E-state index in [-0.39, 0.29) is 18.0 Å². The molecule has 0 heterocycles. The van der Waals surface area contributed by atoms with Gasteiger partial charge in [0.2, 0.25) is 0 Å². The number of benzene rings is 1. The normalized spacial score (nSPS) is 18.3. The van der Waals surface area contributed by atoms with Crippen LogP contribution in [0, 0.1) is 5.92 Å². The Labute approximate surface area is 113 Å². The van der Waals surface area contributed by atoms with Crippen molar-refractivity contribution < 1.29 is 9.53 Å². The lowest BCUT2D eigenvalue weighted by Gasteiger charge is -2.28. The first-order valence-electron chi connectivity index (χ1n) is 6.60. The lowest BCUT2D eigenvalue weighted by Crippen LogP contribution is -2.25. The van der Waals surface area contributed by atoms with Gasteiger partial charge in [-0.2, -0.15) is 0 Å². The molecule has 1 aliphatic rings. The number of hydrogen-bond acceptors (Lipinski definition) is 2. The molecule has 1 aromatic carbocycles. The average Bonchev–Trinajstić information content (AvgIpc) is 2.42. The Hall–Kier alpha value is -1.02. The highest BCUT2D eigenvalue weighted by molar-refractivity contribution is 6.17. The van der Waals surface area contributed by atoms with Crippen LogP contribution in [-0.4, -0.2) is 12.0 Å². The van der Waals surface area contributed by atoms with Crippen molar-refractivity contribution in [2.75, 3.05) is 6.07 Å². The summed E-state index contributed by atoms with van der Waals surface area (Å²) in [5, 5.41) is 0. The molecule has 0 aromatic heterocycles. The van der Waals surface area contributed by atoms with Crippen LogP contribution in [0.2, 0.25) is 0 Å². The first kappa shape index (κ1) is 13.4. The number of esters is 1. The summed E-state index contributed by atoms with van der Waals surface area (Å²) in [4.78, 5) is 12.1. The molecule has 2 rings (SSSR count). The standard InChI is InChI=1S/C15H19ClO2/c16-11-18-15(17)14(12-7-3-1-4-8-12)13-9-5-2-6-10-13/h1,3-4,7-8,13-14H,2,5-6,9-11H2/t14-/m0/s1. The molecular weight excluding hydrogens is 248 g/mol. The van der Waals surface area contributed by atoms with Crippen LogP contribution in [0.15, 0.2) is 30.3 Å². The summed E-state index contributed by atoms with van der Waals surface area (Å²) in [5.41, 5.74) is 1.06. The van der Waals surface area contributed by atoms with E-state index in [1.54, 1.807) is 0 Å². The van der Waals surface area contributed by atoms with Gasteiger partial charge in [-0.05, 0) is 24.3 Å². The minimum absolute atomic E-state index is 0.0606. The van der Waals surface area contributed by atoms with Crippen molar-refractivity contribution in [3.8, 4) is 0 Å². The highest BCUT2D eigenvalue weighted by Gasteiger charge is 2.31. The second-order valence-corrected chi connectivity index (χ2v) is 5.08. The summed E-state index contributed by atoms with van der Waals surface area (Å²) in [5.74, 6) is 0.0743. The van der Waals surface area contributed by atoms with Gasteiger partial charge in [0, 0.05) is 0 Å². The minimum atomic E-state index is -0.178. The highest BCUT2D eigenvalue weighted by atomic mass is 35.5. The number of carbonyl (C=O) groups is 1. The molecule has 0 saturated heterocycles. The molecule has 1 fully saturated rings. The Morgan fingerprint density at radius 3 is 2.50 bits per heavy atom. The maximum Gasteiger partial charge on any atom is 0.314 e. The fraction of sp³-hybridized carbons (Fsp3) is 0.533. The summed E-state index contributed by atoms with van der Waals surface area (Å²) in [7, 11) is 0. The minimum Gasteiger partial charge on any atom is -0.449 e. The van der Waals surface area contributed by atoms with E-state index in [0.29, 0.717) is 5.92 Å². The second-order valence-electron chi connectivity index (χ2n) is 4.86. The lowest BCUT2D eigenvalue weighted by atomic mass is 9.77. The van der Waals surface area contributed by atoms with Gasteiger partial charge in [0.1, 0.15) is 0 Å². The van der Waals surface area contributed by atoms with Crippen LogP contribution in [0.1, 0.15) is 43.6 Å². The maximum absolute atomic E-state index is 12.1. The zero-order valence-electron chi connectivity index (χ0n) is 10.5. The monoisotopic (exact) mass is 266 g/mol. The van der Waals surface area contributed by atoms with Gasteiger partial charge in [-0.3, -0.25) is 4.79 Å². The zero-order valence-corrected chi connectivity index (χ0v) is 11.2. The van der Waals surface area contributed by atoms with Crippen molar-refractivity contribution in [3.63, 3.8) is 0 Å². The Morgan fingerprint density at radius 1 is 1.22 bits per heavy atom. The number of carbonyl (C=O) groups excluding carboxylic acids is 1. The molecule has 0 bridgehead atoms. The Kier molecular flexibility index (Phi) is 5.06. The molecule has 0 amide bonds. The molecule has 1 saturated carbocycles. The fourth-order valence-corrected chi connectivity index (χ4v) is 2.98. The van der Waals surface area contributed by atoms with Gasteiger partial charge in [-0.25, -0.2) is 0 Å². The second kappa shape index (κ2) is 6.79. The first-order valence-corrected chi connectivity index (χ1v) is 7.14. The molecule has 0 unspecified atom stereocenters. The largest absolute Gasteiger partial charge is 0.449 e. The summed E-state index contributed by atoms with van der Waals surface area (Å²) >= 11 is 5.52. The predicted molar refractivity (Wildman–Crippen MR) is 72.6 cm³/mol. The van der Waals surface area contributed by atoms with Crippen LogP contribution >= 0.6 is 11.6 Å². The molecule has 98 valence electrons. The summed E-state index contributed by atoms with van der Waals surface area (Å²) < 4.78 is 5.04. The third kappa shape index (κ3) is 3.26. The zero-order chi connectivity index (χ0) is 12.8. The quantitative estimate of drug-likeness (QED) is 0.606. The van der Waals surface area contributed by atoms with E-state index in [1.807, 2.05) is 30.3 Å². The van der Waals surface area contributed by atoms with Gasteiger partial charge in [-0.1, -0.05) is 61.2 Å². The average molecular weight is 267 g/mol. The molecule has 3 heteroatoms. The van der Waals surface area contributed by atoms with Crippen LogP contribution in [0.25, 0.3) is 0 Å². The molecule has 1 aromatic rings. The van der Waals surface area contributed by atoms with Crippen LogP contribution < -0.4 is 0 Å². The molecule has 0 spiro atoms. The van der Waals surface area contributed by atoms with Gasteiger partial charge < -0.3 is 4.74 Å². The van der Waals surface area contributed by atoms with E-state index in [0.717, 1.165) is 18.4 Å². The number of ether oxygens (including phenoxy) is 1. The molecule has 18 heavy (non-hydrogen) atoms. The van der Waals surface area contributed by atoms with E-state index in [1.165, 1.54) is 19.3 Å². The van der Waals surface area contributed by atoms with Gasteiger partial charge in [-0.15, -0.1) is 0 Å². The molecule has 2 nitrogen and oxygen atoms in total. The molecule has 0 radical (unpaired) electrons. The van der Waals surface area contributed by atoms with Gasteiger partial charge in [0.05, 0.1) is 5.92 Å². The van der Waals surface area contributed by atoms with E-state index < -0.39 is 0 Å². The number of rotatable bonds is 4. The van der Waals surface area contributed by atoms with Crippen LogP contribution in [0.3, 0.4) is 0 Å². The molecule has 0 aliphatic heterocycles. The number of hydrogen-bond donors (Lipinski definition) is 0. The van der Waals surface area contributed by atoms with Crippen molar-refractivity contribution in [1.29, 1.82) is 0 Å². The molecule has 1 aliphatic carbocycles. The molecule has 1 atom stereocenters. The van der Waals surface area contributed by atoms with Crippen LogP contribution in [0.4, 0.5) is 0 Å². The van der Waals surface area contributed by atoms with Crippen molar-refractivity contribution in [2.45, 2.75) is 38.0 Å². The maximum atomic E-state index is 12.1. The van der Waals surface area contributed by atoms with Gasteiger partial charge >= 0.3 is 5.97 Å². The van der Waals surface area contributed by atoms with Crippen molar-refractivity contribution in [3.05, 3.63) is 35.9 Å². The van der Waals surface area contributed by atoms with Gasteiger partial charge in [0.25, 0.3) is 0 Å². The fourth-order valence-electron chi connectivity index (χ4n) is 2.87.